The molecular weight excluding hydrogens is 424 g/mol. The van der Waals surface area contributed by atoms with Crippen LogP contribution in [-0.4, -0.2) is 45.8 Å². The van der Waals surface area contributed by atoms with Crippen molar-refractivity contribution in [1.29, 1.82) is 0 Å². The first-order valence-electron chi connectivity index (χ1n) is 14.1. The molecule has 4 nitrogen and oxygen atoms in total. The van der Waals surface area contributed by atoms with Gasteiger partial charge >= 0.3 is 0 Å². The second-order valence-corrected chi connectivity index (χ2v) is 14.5. The van der Waals surface area contributed by atoms with Gasteiger partial charge in [0.05, 0.1) is 25.4 Å². The number of hydrogen-bond acceptors (Lipinski definition) is 4. The first kappa shape index (κ1) is 25.2. The minimum Gasteiger partial charge on any atom is -0.396 e. The number of aliphatic hydroxyl groups is 4. The minimum atomic E-state index is -0.468. The highest BCUT2D eigenvalue weighted by molar-refractivity contribution is 5.23. The molecule has 0 bridgehead atoms. The molecular formula is C30H50O4. The van der Waals surface area contributed by atoms with Crippen molar-refractivity contribution in [3.63, 3.8) is 0 Å². The maximum atomic E-state index is 11.7. The van der Waals surface area contributed by atoms with E-state index in [1.165, 1.54) is 12.0 Å². The lowest BCUT2D eigenvalue weighted by Crippen LogP contribution is -2.69. The van der Waals surface area contributed by atoms with Crippen molar-refractivity contribution >= 4 is 0 Å². The highest BCUT2D eigenvalue weighted by atomic mass is 16.3. The molecule has 0 aromatic heterocycles. The van der Waals surface area contributed by atoms with Crippen LogP contribution in [0.2, 0.25) is 0 Å². The van der Waals surface area contributed by atoms with E-state index in [0.717, 1.165) is 51.4 Å². The first-order chi connectivity index (χ1) is 15.9. The number of allylic oxidation sites excluding steroid dienone is 1. The molecule has 194 valence electrons. The summed E-state index contributed by atoms with van der Waals surface area (Å²) in [6.45, 7) is 16.2. The molecule has 0 aromatic carbocycles. The zero-order valence-corrected chi connectivity index (χ0v) is 22.3. The summed E-state index contributed by atoms with van der Waals surface area (Å²) in [5.41, 5.74) is 0.627. The second kappa shape index (κ2) is 7.79. The van der Waals surface area contributed by atoms with Crippen molar-refractivity contribution in [2.45, 2.75) is 105 Å². The Kier molecular flexibility index (Phi) is 5.78. The Balaban J connectivity index is 1.58. The summed E-state index contributed by atoms with van der Waals surface area (Å²) in [6, 6.07) is 0. The van der Waals surface area contributed by atoms with Gasteiger partial charge < -0.3 is 20.4 Å². The number of hydrogen-bond donors (Lipinski definition) is 4. The fourth-order valence-electron chi connectivity index (χ4n) is 11.6. The van der Waals surface area contributed by atoms with Crippen LogP contribution in [0.15, 0.2) is 12.2 Å². The van der Waals surface area contributed by atoms with E-state index in [1.807, 2.05) is 0 Å². The summed E-state index contributed by atoms with van der Waals surface area (Å²) in [7, 11) is 0. The molecule has 0 saturated heterocycles. The predicted molar refractivity (Wildman–Crippen MR) is 135 cm³/mol. The highest BCUT2D eigenvalue weighted by Crippen LogP contribution is 2.77. The van der Waals surface area contributed by atoms with Crippen LogP contribution in [-0.2, 0) is 0 Å². The maximum absolute atomic E-state index is 11.7. The van der Waals surface area contributed by atoms with Crippen LogP contribution in [0.1, 0.15) is 92.4 Å². The average molecular weight is 475 g/mol. The molecule has 5 aliphatic rings. The predicted octanol–water partition coefficient (Wildman–Crippen LogP) is 4.94. The molecule has 0 heterocycles. The Morgan fingerprint density at radius 1 is 0.794 bits per heavy atom. The Hall–Kier alpha value is -0.420. The molecule has 5 rings (SSSR count). The third kappa shape index (κ3) is 2.81. The molecule has 0 spiro atoms. The van der Waals surface area contributed by atoms with E-state index in [1.54, 1.807) is 0 Å². The van der Waals surface area contributed by atoms with Crippen molar-refractivity contribution in [2.75, 3.05) is 13.2 Å². The summed E-state index contributed by atoms with van der Waals surface area (Å²) in [4.78, 5) is 0. The van der Waals surface area contributed by atoms with Crippen LogP contribution in [0.3, 0.4) is 0 Å². The van der Waals surface area contributed by atoms with E-state index < -0.39 is 17.6 Å². The lowest BCUT2D eigenvalue weighted by molar-refractivity contribution is -0.270. The van der Waals surface area contributed by atoms with Gasteiger partial charge in [-0.2, -0.15) is 0 Å². The summed E-state index contributed by atoms with van der Waals surface area (Å²) in [5.74, 6) is 2.04. The van der Waals surface area contributed by atoms with E-state index in [-0.39, 0.29) is 34.9 Å². The Morgan fingerprint density at radius 3 is 2.12 bits per heavy atom. The molecule has 4 heteroatoms. The Morgan fingerprint density at radius 2 is 1.50 bits per heavy atom. The van der Waals surface area contributed by atoms with Gasteiger partial charge in [-0.1, -0.05) is 39.8 Å². The van der Waals surface area contributed by atoms with Gasteiger partial charge in [-0.25, -0.2) is 0 Å². The van der Waals surface area contributed by atoms with E-state index in [4.69, 9.17) is 0 Å². The third-order valence-corrected chi connectivity index (χ3v) is 13.7. The molecule has 4 N–H and O–H groups in total. The quantitative estimate of drug-likeness (QED) is 0.437. The summed E-state index contributed by atoms with van der Waals surface area (Å²) < 4.78 is 0. The molecule has 5 saturated carbocycles. The Bertz CT molecular complexity index is 842. The van der Waals surface area contributed by atoms with Crippen LogP contribution in [0.25, 0.3) is 0 Å². The fraction of sp³-hybridized carbons (Fsp3) is 0.933. The zero-order chi connectivity index (χ0) is 24.9. The number of aliphatic hydroxyl groups excluding tert-OH is 4. The molecule has 0 aromatic rings. The monoisotopic (exact) mass is 474 g/mol. The van der Waals surface area contributed by atoms with Crippen molar-refractivity contribution in [3.8, 4) is 0 Å². The summed E-state index contributed by atoms with van der Waals surface area (Å²) in [6.07, 6.45) is 8.09. The van der Waals surface area contributed by atoms with Crippen molar-refractivity contribution in [3.05, 3.63) is 12.2 Å². The molecule has 5 aliphatic carbocycles. The van der Waals surface area contributed by atoms with Crippen LogP contribution in [0, 0.1) is 56.7 Å². The molecule has 5 fully saturated rings. The normalized spacial score (nSPS) is 58.9. The number of fused-ring (bicyclic) bond motifs is 7. The minimum absolute atomic E-state index is 0.0103. The lowest BCUT2D eigenvalue weighted by Gasteiger charge is -2.73. The van der Waals surface area contributed by atoms with Crippen molar-refractivity contribution < 1.29 is 20.4 Å². The average Bonchev–Trinajstić information content (AvgIpc) is 3.19. The molecule has 0 amide bonds. The second-order valence-electron chi connectivity index (χ2n) is 14.5. The molecule has 12 unspecified atom stereocenters. The Labute approximate surface area is 207 Å². The molecule has 12 atom stereocenters. The first-order valence-corrected chi connectivity index (χ1v) is 14.1. The molecule has 34 heavy (non-hydrogen) atoms. The van der Waals surface area contributed by atoms with Crippen LogP contribution >= 0.6 is 0 Å². The van der Waals surface area contributed by atoms with Crippen LogP contribution < -0.4 is 0 Å². The van der Waals surface area contributed by atoms with Gasteiger partial charge in [-0.05, 0) is 111 Å². The van der Waals surface area contributed by atoms with E-state index in [9.17, 15) is 20.4 Å². The molecule has 0 radical (unpaired) electrons. The number of rotatable bonds is 3. The van der Waals surface area contributed by atoms with Crippen molar-refractivity contribution in [2.24, 2.45) is 56.7 Å². The highest BCUT2D eigenvalue weighted by Gasteiger charge is 2.72. The van der Waals surface area contributed by atoms with Gasteiger partial charge in [0.1, 0.15) is 0 Å². The largest absolute Gasteiger partial charge is 0.396 e. The standard InChI is InChI=1S/C30H50O4/c1-18(2)19-9-14-30(17-32)24(34)15-29(6)20(25(19)30)7-8-22-26(3)12-11-23(33)27(4,16-31)21(26)10-13-28(22,29)5/h19-25,31-34H,1,7-17H2,2-6H3. The van der Waals surface area contributed by atoms with E-state index in [2.05, 4.69) is 41.2 Å². The van der Waals surface area contributed by atoms with Gasteiger partial charge in [-0.3, -0.25) is 0 Å². The molecule has 0 aliphatic heterocycles. The van der Waals surface area contributed by atoms with Gasteiger partial charge in [-0.15, -0.1) is 0 Å². The maximum Gasteiger partial charge on any atom is 0.0626 e. The van der Waals surface area contributed by atoms with Gasteiger partial charge in [0.25, 0.3) is 0 Å². The van der Waals surface area contributed by atoms with E-state index in [0.29, 0.717) is 29.6 Å². The van der Waals surface area contributed by atoms with Crippen molar-refractivity contribution in [1.82, 2.24) is 0 Å². The van der Waals surface area contributed by atoms with Gasteiger partial charge in [0, 0.05) is 10.8 Å². The fourth-order valence-corrected chi connectivity index (χ4v) is 11.6. The van der Waals surface area contributed by atoms with Crippen LogP contribution in [0.4, 0.5) is 0 Å². The van der Waals surface area contributed by atoms with E-state index >= 15 is 0 Å². The third-order valence-electron chi connectivity index (χ3n) is 13.7. The van der Waals surface area contributed by atoms with Crippen LogP contribution in [0.5, 0.6) is 0 Å². The SMILES string of the molecule is C=C(C)C1CCC2(CO)C(O)CC3(C)C(CCC4C5(C)CCC(O)C(C)(CO)C5CCC43C)C12. The topological polar surface area (TPSA) is 80.9 Å². The summed E-state index contributed by atoms with van der Waals surface area (Å²) >= 11 is 0. The van der Waals surface area contributed by atoms with Gasteiger partial charge in [0.15, 0.2) is 0 Å². The summed E-state index contributed by atoms with van der Waals surface area (Å²) in [5, 5.41) is 43.7. The zero-order valence-electron chi connectivity index (χ0n) is 22.3. The smallest absolute Gasteiger partial charge is 0.0626 e. The van der Waals surface area contributed by atoms with Gasteiger partial charge in [0.2, 0.25) is 0 Å². The lowest BCUT2D eigenvalue weighted by atomic mass is 9.32.